The van der Waals surface area contributed by atoms with Crippen molar-refractivity contribution in [1.29, 1.82) is 0 Å². The van der Waals surface area contributed by atoms with E-state index in [1.54, 1.807) is 0 Å². The molecule has 18 heteroatoms. The Morgan fingerprint density at radius 2 is 0.287 bits per heavy atom. The summed E-state index contributed by atoms with van der Waals surface area (Å²) >= 11 is 0. The van der Waals surface area contributed by atoms with Crippen molar-refractivity contribution in [2.45, 2.75) is 103 Å². The van der Waals surface area contributed by atoms with Crippen LogP contribution in [-0.2, 0) is 130 Å². The summed E-state index contributed by atoms with van der Waals surface area (Å²) in [4.78, 5) is 0. The molecule has 0 aliphatic heterocycles. The molecule has 10 aromatic rings. The maximum atomic E-state index is 7.61. The fourth-order valence-corrected chi connectivity index (χ4v) is 14.5. The largest absolute Gasteiger partial charge is 0.368 e. The van der Waals surface area contributed by atoms with Crippen molar-refractivity contribution in [3.8, 4) is 0 Å². The maximum absolute atomic E-state index is 7.61. The molecule has 484 valence electrons. The molecule has 1 aliphatic carbocycles. The van der Waals surface area contributed by atoms with Crippen LogP contribution < -0.4 is 0 Å². The van der Waals surface area contributed by atoms with Crippen LogP contribution in [0.15, 0.2) is 303 Å². The van der Waals surface area contributed by atoms with Crippen LogP contribution in [0.25, 0.3) is 0 Å². The van der Waals surface area contributed by atoms with Gasteiger partial charge in [0.1, 0.15) is 36.6 Å². The third-order valence-electron chi connectivity index (χ3n) is 14.8. The Balaban J connectivity index is 1.09. The summed E-state index contributed by atoms with van der Waals surface area (Å²) in [6.45, 7) is 1.20. The lowest BCUT2D eigenvalue weighted by atomic mass is 9.84. The van der Waals surface area contributed by atoms with Gasteiger partial charge in [-0.15, -0.1) is 0 Å². The highest BCUT2D eigenvalue weighted by atomic mass is 31.2. The second-order valence-corrected chi connectivity index (χ2v) is 26.5. The normalized spacial score (nSPS) is 17.3. The van der Waals surface area contributed by atoms with E-state index in [1.165, 1.54) is 0 Å². The average molecular weight is 1340 g/mol. The van der Waals surface area contributed by atoms with Gasteiger partial charge in [-0.25, -0.2) is 0 Å². The summed E-state index contributed by atoms with van der Waals surface area (Å²) in [6.07, 6.45) is -7.25. The molecule has 1 aliphatic rings. The van der Waals surface area contributed by atoms with E-state index in [1.807, 2.05) is 303 Å². The number of hydrogen-bond donors (Lipinski definition) is 0. The summed E-state index contributed by atoms with van der Waals surface area (Å²) < 4.78 is 100. The lowest BCUT2D eigenvalue weighted by Crippen LogP contribution is -2.66. The summed E-state index contributed by atoms with van der Waals surface area (Å²) in [5, 5.41) is 0. The van der Waals surface area contributed by atoms with Gasteiger partial charge >= 0.3 is 34.4 Å². The molecule has 0 radical (unpaired) electrons. The van der Waals surface area contributed by atoms with Gasteiger partial charge in [-0.2, -0.15) is 0 Å². The highest BCUT2D eigenvalue weighted by Crippen LogP contribution is 2.56. The van der Waals surface area contributed by atoms with Crippen LogP contribution in [0.2, 0.25) is 0 Å². The van der Waals surface area contributed by atoms with Gasteiger partial charge in [0, 0.05) is 0 Å². The second-order valence-electron chi connectivity index (χ2n) is 21.8. The van der Waals surface area contributed by atoms with Crippen LogP contribution in [0.3, 0.4) is 0 Å². The monoisotopic (exact) mass is 1340 g/mol. The van der Waals surface area contributed by atoms with E-state index >= 15 is 0 Å². The molecule has 1 fully saturated rings. The minimum atomic E-state index is -2.33. The fraction of sp³-hybridized carbons (Fsp3) is 0.211. The Kier molecular flexibility index (Phi) is 28.4. The van der Waals surface area contributed by atoms with Gasteiger partial charge in [0.2, 0.25) is 0 Å². The van der Waals surface area contributed by atoms with Crippen molar-refractivity contribution in [2.75, 3.05) is 0 Å². The van der Waals surface area contributed by atoms with Gasteiger partial charge in [0.25, 0.3) is 0 Å². The van der Waals surface area contributed by atoms with Crippen LogP contribution in [-0.4, -0.2) is 36.6 Å². The summed E-state index contributed by atoms with van der Waals surface area (Å²) in [7, 11) is -9.32. The Hall–Kier alpha value is -6.64. The van der Waals surface area contributed by atoms with Gasteiger partial charge in [-0.3, -0.25) is 0 Å². The SMILES string of the molecule is c1ccc(COC2[C@@H](OP(OCc3ccccc3)OCc3ccccc3)[C@@H](OP(OCc3ccccc3)OCc3ccccc3)C(OCc3ccccc3)[C@H](OP(OCc3ccccc3)OCc3ccccc3)[C@H]2OP(OCc2ccccc2)OCc2ccccc2)cc1. The zero-order valence-electron chi connectivity index (χ0n) is 51.9. The molecule has 94 heavy (non-hydrogen) atoms. The molecule has 2 unspecified atom stereocenters. The lowest BCUT2D eigenvalue weighted by molar-refractivity contribution is -0.234. The second kappa shape index (κ2) is 38.8. The van der Waals surface area contributed by atoms with E-state index in [9.17, 15) is 0 Å². The van der Waals surface area contributed by atoms with E-state index < -0.39 is 71.0 Å². The Labute approximate surface area is 556 Å². The van der Waals surface area contributed by atoms with Gasteiger partial charge in [-0.1, -0.05) is 303 Å². The maximum Gasteiger partial charge on any atom is 0.333 e. The molecule has 1 saturated carbocycles. The van der Waals surface area contributed by atoms with Crippen molar-refractivity contribution in [3.63, 3.8) is 0 Å². The van der Waals surface area contributed by atoms with Crippen LogP contribution >= 0.6 is 34.4 Å². The molecule has 0 aromatic heterocycles. The minimum Gasteiger partial charge on any atom is -0.368 e. The molecule has 0 saturated heterocycles. The van der Waals surface area contributed by atoms with Crippen LogP contribution in [0.5, 0.6) is 0 Å². The quantitative estimate of drug-likeness (QED) is 0.0340. The third kappa shape index (κ3) is 22.8. The van der Waals surface area contributed by atoms with E-state index in [2.05, 4.69) is 0 Å². The van der Waals surface area contributed by atoms with Gasteiger partial charge in [0.15, 0.2) is 0 Å². The van der Waals surface area contributed by atoms with Crippen LogP contribution in [0, 0.1) is 0 Å². The zero-order chi connectivity index (χ0) is 63.9. The predicted octanol–water partition coefficient (Wildman–Crippen LogP) is 19.4. The Morgan fingerprint density at radius 3 is 0.426 bits per heavy atom. The van der Waals surface area contributed by atoms with E-state index in [4.69, 9.17) is 63.8 Å². The topological polar surface area (TPSA) is 129 Å². The van der Waals surface area contributed by atoms with Gasteiger partial charge in [0.05, 0.1) is 66.1 Å². The van der Waals surface area contributed by atoms with Gasteiger partial charge < -0.3 is 63.8 Å². The average Bonchev–Trinajstić information content (AvgIpc) is 0.795. The lowest BCUT2D eigenvalue weighted by Gasteiger charge is -2.50. The molecular weight excluding hydrogens is 1260 g/mol. The molecule has 0 N–H and O–H groups in total. The standard InChI is InChI=1S/C76H76O14P4/c1-11-31-61(32-12-1)51-77-71-73(87-91(79-53-63-35-15-3-16-36-63)80-54-64-37-17-4-18-38-64)75(89-93(83-57-67-43-23-7-24-44-67)84-58-68-45-25-8-26-46-68)72(78-52-62-33-13-2-14-34-62)76(90-94(85-59-69-47-27-9-28-48-69)86-60-70-49-29-10-30-50-70)74(71)88-92(81-55-65-39-19-5-20-40-65)82-56-66-41-21-6-22-42-66/h1-50,71-76H,51-60H2/t71?,72?,73-,74-,75-,76+/m0/s1. The van der Waals surface area contributed by atoms with E-state index in [0.29, 0.717) is 0 Å². The number of hydrogen-bond acceptors (Lipinski definition) is 14. The third-order valence-corrected chi connectivity index (χ3v) is 19.2. The molecule has 0 bridgehead atoms. The highest BCUT2D eigenvalue weighted by molar-refractivity contribution is 7.42. The first-order valence-electron chi connectivity index (χ1n) is 31.1. The van der Waals surface area contributed by atoms with Crippen molar-refractivity contribution < 1.29 is 63.8 Å². The van der Waals surface area contributed by atoms with Crippen LogP contribution in [0.4, 0.5) is 0 Å². The molecule has 10 aromatic carbocycles. The Morgan fingerprint density at radius 1 is 0.160 bits per heavy atom. The van der Waals surface area contributed by atoms with Crippen molar-refractivity contribution in [2.24, 2.45) is 0 Å². The van der Waals surface area contributed by atoms with E-state index in [-0.39, 0.29) is 66.1 Å². The first-order valence-corrected chi connectivity index (χ1v) is 35.5. The van der Waals surface area contributed by atoms with Gasteiger partial charge in [-0.05, 0) is 55.6 Å². The smallest absolute Gasteiger partial charge is 0.333 e. The van der Waals surface area contributed by atoms with Crippen molar-refractivity contribution in [3.05, 3.63) is 359 Å². The highest BCUT2D eigenvalue weighted by Gasteiger charge is 2.59. The summed E-state index contributed by atoms with van der Waals surface area (Å²) in [5.41, 5.74) is 8.93. The summed E-state index contributed by atoms with van der Waals surface area (Å²) in [6, 6.07) is 98.9. The van der Waals surface area contributed by atoms with Crippen molar-refractivity contribution in [1.82, 2.24) is 0 Å². The first-order chi connectivity index (χ1) is 46.6. The van der Waals surface area contributed by atoms with Crippen LogP contribution in [0.1, 0.15) is 55.6 Å². The molecular formula is C76H76O14P4. The summed E-state index contributed by atoms with van der Waals surface area (Å²) in [5.74, 6) is 0. The first kappa shape index (κ1) is 68.7. The number of ether oxygens (including phenoxy) is 2. The molecule has 0 heterocycles. The zero-order valence-corrected chi connectivity index (χ0v) is 55.5. The molecule has 0 spiro atoms. The molecule has 0 amide bonds. The number of benzene rings is 10. The van der Waals surface area contributed by atoms with Crippen molar-refractivity contribution >= 4 is 34.4 Å². The molecule has 14 nitrogen and oxygen atoms in total. The fourth-order valence-electron chi connectivity index (χ4n) is 9.92. The number of rotatable bonds is 38. The predicted molar refractivity (Wildman–Crippen MR) is 367 cm³/mol. The Bertz CT molecular complexity index is 3000. The molecule has 6 atom stereocenters. The van der Waals surface area contributed by atoms with E-state index in [0.717, 1.165) is 55.6 Å². The minimum absolute atomic E-state index is 0.0646. The molecule has 11 rings (SSSR count).